The molecule has 0 aliphatic rings. The zero-order chi connectivity index (χ0) is 10.6. The van der Waals surface area contributed by atoms with Crippen LogP contribution in [0.5, 0.6) is 5.75 Å². The highest BCUT2D eigenvalue weighted by Crippen LogP contribution is 2.13. The van der Waals surface area contributed by atoms with Crippen molar-refractivity contribution in [1.29, 1.82) is 0 Å². The second kappa shape index (κ2) is 4.42. The monoisotopic (exact) mass is 195 g/mol. The minimum Gasteiger partial charge on any atom is -0.493 e. The number of aromatic nitrogens is 1. The van der Waals surface area contributed by atoms with E-state index in [4.69, 9.17) is 4.74 Å². The number of rotatable bonds is 4. The van der Waals surface area contributed by atoms with Crippen LogP contribution in [-0.2, 0) is 0 Å². The van der Waals surface area contributed by atoms with E-state index < -0.39 is 5.60 Å². The van der Waals surface area contributed by atoms with E-state index in [0.717, 1.165) is 11.4 Å². The lowest BCUT2D eigenvalue weighted by Gasteiger charge is -2.16. The molecule has 1 N–H and O–H groups in total. The van der Waals surface area contributed by atoms with Crippen molar-refractivity contribution < 1.29 is 9.84 Å². The standard InChI is InChI=1S/C11H17NO2/c1-9-8-10(4-6-12-9)14-7-5-11(2,3)13/h4,6,8,13H,5,7H2,1-3H3. The Morgan fingerprint density at radius 2 is 2.21 bits per heavy atom. The van der Waals surface area contributed by atoms with Crippen LogP contribution in [0.4, 0.5) is 0 Å². The molecule has 0 fully saturated rings. The summed E-state index contributed by atoms with van der Waals surface area (Å²) >= 11 is 0. The third kappa shape index (κ3) is 4.23. The number of aliphatic hydroxyl groups is 1. The molecule has 0 saturated carbocycles. The van der Waals surface area contributed by atoms with Gasteiger partial charge in [-0.2, -0.15) is 0 Å². The van der Waals surface area contributed by atoms with E-state index in [1.165, 1.54) is 0 Å². The Labute approximate surface area is 84.7 Å². The Morgan fingerprint density at radius 1 is 1.50 bits per heavy atom. The van der Waals surface area contributed by atoms with Crippen molar-refractivity contribution >= 4 is 0 Å². The molecule has 3 nitrogen and oxygen atoms in total. The minimum atomic E-state index is -0.665. The summed E-state index contributed by atoms with van der Waals surface area (Å²) in [6.45, 7) is 5.98. The van der Waals surface area contributed by atoms with Gasteiger partial charge in [0, 0.05) is 24.4 Å². The Morgan fingerprint density at radius 3 is 2.79 bits per heavy atom. The minimum absolute atomic E-state index is 0.521. The molecule has 0 atom stereocenters. The number of hydrogen-bond acceptors (Lipinski definition) is 3. The predicted molar refractivity (Wildman–Crippen MR) is 55.4 cm³/mol. The fourth-order valence-electron chi connectivity index (χ4n) is 1.03. The fraction of sp³-hybridized carbons (Fsp3) is 0.545. The Bertz CT molecular complexity index is 292. The number of hydrogen-bond donors (Lipinski definition) is 1. The molecule has 0 aliphatic heterocycles. The van der Waals surface area contributed by atoms with Crippen LogP contribution in [0.2, 0.25) is 0 Å². The molecule has 0 spiro atoms. The van der Waals surface area contributed by atoms with Gasteiger partial charge in [-0.3, -0.25) is 4.98 Å². The SMILES string of the molecule is Cc1cc(OCCC(C)(C)O)ccn1. The summed E-state index contributed by atoms with van der Waals surface area (Å²) in [5.41, 5.74) is 0.271. The van der Waals surface area contributed by atoms with Crippen LogP contribution >= 0.6 is 0 Å². The maximum absolute atomic E-state index is 9.46. The van der Waals surface area contributed by atoms with Gasteiger partial charge in [0.2, 0.25) is 0 Å². The number of ether oxygens (including phenoxy) is 1. The first kappa shape index (κ1) is 11.0. The van der Waals surface area contributed by atoms with Crippen LogP contribution in [0, 0.1) is 6.92 Å². The molecule has 1 aromatic heterocycles. The normalized spacial score (nSPS) is 11.4. The van der Waals surface area contributed by atoms with E-state index in [2.05, 4.69) is 4.98 Å². The van der Waals surface area contributed by atoms with Crippen LogP contribution < -0.4 is 4.74 Å². The summed E-state index contributed by atoms with van der Waals surface area (Å²) in [5.74, 6) is 0.807. The fourth-order valence-corrected chi connectivity index (χ4v) is 1.03. The second-order valence-electron chi connectivity index (χ2n) is 4.04. The van der Waals surface area contributed by atoms with Gasteiger partial charge in [0.05, 0.1) is 12.2 Å². The molecule has 0 aromatic carbocycles. The third-order valence-corrected chi connectivity index (χ3v) is 1.85. The van der Waals surface area contributed by atoms with Crippen LogP contribution in [0.1, 0.15) is 26.0 Å². The van der Waals surface area contributed by atoms with Gasteiger partial charge in [-0.05, 0) is 26.8 Å². The van der Waals surface area contributed by atoms with Gasteiger partial charge < -0.3 is 9.84 Å². The predicted octanol–water partition coefficient (Wildman–Crippen LogP) is 1.93. The summed E-state index contributed by atoms with van der Waals surface area (Å²) in [4.78, 5) is 4.07. The first-order valence-electron chi connectivity index (χ1n) is 4.75. The van der Waals surface area contributed by atoms with Crippen molar-refractivity contribution in [3.8, 4) is 5.75 Å². The summed E-state index contributed by atoms with van der Waals surface area (Å²) in [7, 11) is 0. The maximum atomic E-state index is 9.46. The lowest BCUT2D eigenvalue weighted by molar-refractivity contribution is 0.0553. The first-order valence-corrected chi connectivity index (χ1v) is 4.75. The van der Waals surface area contributed by atoms with Crippen molar-refractivity contribution in [2.75, 3.05) is 6.61 Å². The largest absolute Gasteiger partial charge is 0.493 e. The highest BCUT2D eigenvalue weighted by Gasteiger charge is 2.11. The Hall–Kier alpha value is -1.09. The Balaban J connectivity index is 2.39. The van der Waals surface area contributed by atoms with Crippen molar-refractivity contribution in [2.24, 2.45) is 0 Å². The van der Waals surface area contributed by atoms with Crippen molar-refractivity contribution in [3.05, 3.63) is 24.0 Å². The summed E-state index contributed by atoms with van der Waals surface area (Å²) < 4.78 is 5.46. The molecule has 1 rings (SSSR count). The third-order valence-electron chi connectivity index (χ3n) is 1.85. The molecule has 1 aromatic rings. The highest BCUT2D eigenvalue weighted by atomic mass is 16.5. The molecule has 0 saturated heterocycles. The smallest absolute Gasteiger partial charge is 0.122 e. The number of pyridine rings is 1. The van der Waals surface area contributed by atoms with Crippen LogP contribution in [0.15, 0.2) is 18.3 Å². The van der Waals surface area contributed by atoms with E-state index in [1.54, 1.807) is 20.0 Å². The van der Waals surface area contributed by atoms with Gasteiger partial charge >= 0.3 is 0 Å². The van der Waals surface area contributed by atoms with Gasteiger partial charge in [0.15, 0.2) is 0 Å². The average molecular weight is 195 g/mol. The molecule has 0 radical (unpaired) electrons. The van der Waals surface area contributed by atoms with Crippen LogP contribution in [0.25, 0.3) is 0 Å². The molecular formula is C11H17NO2. The molecule has 0 bridgehead atoms. The van der Waals surface area contributed by atoms with Gasteiger partial charge in [-0.25, -0.2) is 0 Å². The van der Waals surface area contributed by atoms with Gasteiger partial charge in [-0.15, -0.1) is 0 Å². The average Bonchev–Trinajstić information content (AvgIpc) is 2.01. The quantitative estimate of drug-likeness (QED) is 0.798. The van der Waals surface area contributed by atoms with E-state index in [-0.39, 0.29) is 0 Å². The molecular weight excluding hydrogens is 178 g/mol. The van der Waals surface area contributed by atoms with Crippen molar-refractivity contribution in [2.45, 2.75) is 32.8 Å². The van der Waals surface area contributed by atoms with Crippen molar-refractivity contribution in [3.63, 3.8) is 0 Å². The van der Waals surface area contributed by atoms with Gasteiger partial charge in [-0.1, -0.05) is 0 Å². The first-order chi connectivity index (χ1) is 6.47. The van der Waals surface area contributed by atoms with Crippen LogP contribution in [-0.4, -0.2) is 22.3 Å². The van der Waals surface area contributed by atoms with E-state index in [0.29, 0.717) is 13.0 Å². The highest BCUT2D eigenvalue weighted by molar-refractivity contribution is 5.21. The Kier molecular flexibility index (Phi) is 3.47. The molecule has 0 unspecified atom stereocenters. The summed E-state index contributed by atoms with van der Waals surface area (Å²) in [6.07, 6.45) is 2.34. The van der Waals surface area contributed by atoms with Gasteiger partial charge in [0.25, 0.3) is 0 Å². The number of nitrogens with zero attached hydrogens (tertiary/aromatic N) is 1. The lowest BCUT2D eigenvalue weighted by Crippen LogP contribution is -2.21. The summed E-state index contributed by atoms with van der Waals surface area (Å²) in [6, 6.07) is 3.70. The van der Waals surface area contributed by atoms with Crippen LogP contribution in [0.3, 0.4) is 0 Å². The number of aryl methyl sites for hydroxylation is 1. The summed E-state index contributed by atoms with van der Waals surface area (Å²) in [5, 5.41) is 9.46. The molecule has 0 aliphatic carbocycles. The molecule has 3 heteroatoms. The van der Waals surface area contributed by atoms with Gasteiger partial charge in [0.1, 0.15) is 5.75 Å². The van der Waals surface area contributed by atoms with E-state index >= 15 is 0 Å². The maximum Gasteiger partial charge on any atom is 0.122 e. The van der Waals surface area contributed by atoms with Crippen molar-refractivity contribution in [1.82, 2.24) is 4.98 Å². The van der Waals surface area contributed by atoms with E-state index in [1.807, 2.05) is 19.1 Å². The van der Waals surface area contributed by atoms with E-state index in [9.17, 15) is 5.11 Å². The zero-order valence-electron chi connectivity index (χ0n) is 8.95. The lowest BCUT2D eigenvalue weighted by atomic mass is 10.1. The molecule has 14 heavy (non-hydrogen) atoms. The molecule has 0 amide bonds. The molecule has 1 heterocycles. The zero-order valence-corrected chi connectivity index (χ0v) is 8.95. The second-order valence-corrected chi connectivity index (χ2v) is 4.04. The molecule has 78 valence electrons. The topological polar surface area (TPSA) is 42.4 Å².